The molecule has 1 saturated carbocycles. The van der Waals surface area contributed by atoms with E-state index in [-0.39, 0.29) is 10.6 Å². The number of hydrogen-bond acceptors (Lipinski definition) is 4. The number of non-ortho nitro benzene ring substituents is 1. The number of anilines is 1. The van der Waals surface area contributed by atoms with E-state index in [2.05, 4.69) is 17.2 Å². The van der Waals surface area contributed by atoms with E-state index in [4.69, 9.17) is 0 Å². The van der Waals surface area contributed by atoms with Gasteiger partial charge in [-0.3, -0.25) is 10.1 Å². The lowest BCUT2D eigenvalue weighted by Gasteiger charge is -2.32. The van der Waals surface area contributed by atoms with Crippen LogP contribution in [0.15, 0.2) is 30.5 Å². The Morgan fingerprint density at radius 3 is 2.85 bits per heavy atom. The number of fused-ring (bicyclic) bond motifs is 1. The van der Waals surface area contributed by atoms with Crippen LogP contribution in [0, 0.1) is 16.0 Å². The van der Waals surface area contributed by atoms with Crippen LogP contribution in [0.25, 0.3) is 10.9 Å². The number of aromatic nitrogens is 1. The second-order valence-electron chi connectivity index (χ2n) is 5.41. The van der Waals surface area contributed by atoms with E-state index in [1.54, 1.807) is 12.3 Å². The van der Waals surface area contributed by atoms with Crippen molar-refractivity contribution in [2.24, 2.45) is 5.92 Å². The Balaban J connectivity index is 1.99. The Kier molecular flexibility index (Phi) is 3.26. The third kappa shape index (κ3) is 2.19. The van der Waals surface area contributed by atoms with Crippen molar-refractivity contribution in [1.82, 2.24) is 4.98 Å². The molecule has 0 saturated heterocycles. The molecule has 1 aliphatic rings. The highest BCUT2D eigenvalue weighted by molar-refractivity contribution is 5.96. The maximum atomic E-state index is 11.1. The van der Waals surface area contributed by atoms with Crippen molar-refractivity contribution in [3.05, 3.63) is 40.6 Å². The van der Waals surface area contributed by atoms with Crippen LogP contribution in [0.2, 0.25) is 0 Å². The van der Waals surface area contributed by atoms with E-state index < -0.39 is 0 Å². The van der Waals surface area contributed by atoms with Gasteiger partial charge in [-0.1, -0.05) is 6.42 Å². The lowest BCUT2D eigenvalue weighted by atomic mass is 9.80. The van der Waals surface area contributed by atoms with Crippen molar-refractivity contribution in [2.45, 2.75) is 32.2 Å². The zero-order valence-corrected chi connectivity index (χ0v) is 11.4. The number of hydrogen-bond donors (Lipinski definition) is 1. The summed E-state index contributed by atoms with van der Waals surface area (Å²) in [5.41, 5.74) is 1.43. The van der Waals surface area contributed by atoms with Gasteiger partial charge in [0.15, 0.2) is 0 Å². The van der Waals surface area contributed by atoms with Gasteiger partial charge in [0.25, 0.3) is 5.69 Å². The van der Waals surface area contributed by atoms with Crippen molar-refractivity contribution >= 4 is 22.3 Å². The summed E-state index contributed by atoms with van der Waals surface area (Å²) in [5, 5.41) is 15.4. The molecule has 1 unspecified atom stereocenters. The quantitative estimate of drug-likeness (QED) is 0.679. The Bertz CT molecular complexity index is 653. The molecule has 1 fully saturated rings. The summed E-state index contributed by atoms with van der Waals surface area (Å²) in [4.78, 5) is 14.8. The molecule has 5 nitrogen and oxygen atoms in total. The van der Waals surface area contributed by atoms with Gasteiger partial charge in [-0.25, -0.2) is 4.98 Å². The fraction of sp³-hybridized carbons (Fsp3) is 0.400. The van der Waals surface area contributed by atoms with Crippen LogP contribution < -0.4 is 5.32 Å². The third-order valence-corrected chi connectivity index (χ3v) is 4.19. The summed E-state index contributed by atoms with van der Waals surface area (Å²) < 4.78 is 0. The second kappa shape index (κ2) is 5.07. The molecule has 0 radical (unpaired) electrons. The number of nitro groups is 1. The third-order valence-electron chi connectivity index (χ3n) is 4.19. The molecule has 20 heavy (non-hydrogen) atoms. The molecule has 2 aromatic rings. The van der Waals surface area contributed by atoms with Crippen molar-refractivity contribution in [3.63, 3.8) is 0 Å². The Morgan fingerprint density at radius 2 is 2.20 bits per heavy atom. The van der Waals surface area contributed by atoms with Crippen LogP contribution in [0.4, 0.5) is 11.4 Å². The van der Waals surface area contributed by atoms with E-state index >= 15 is 0 Å². The lowest BCUT2D eigenvalue weighted by molar-refractivity contribution is -0.383. The van der Waals surface area contributed by atoms with Crippen LogP contribution in [-0.4, -0.2) is 15.9 Å². The number of rotatable bonds is 4. The topological polar surface area (TPSA) is 68.1 Å². The summed E-state index contributed by atoms with van der Waals surface area (Å²) >= 11 is 0. The van der Waals surface area contributed by atoms with E-state index in [9.17, 15) is 10.1 Å². The molecule has 1 aromatic carbocycles. The Labute approximate surface area is 117 Å². The van der Waals surface area contributed by atoms with Gasteiger partial charge in [0.1, 0.15) is 5.52 Å². The molecule has 0 spiro atoms. The van der Waals surface area contributed by atoms with Crippen molar-refractivity contribution in [3.8, 4) is 0 Å². The molecule has 104 valence electrons. The molecule has 1 atom stereocenters. The van der Waals surface area contributed by atoms with Crippen molar-refractivity contribution < 1.29 is 4.92 Å². The Hall–Kier alpha value is -2.17. The van der Waals surface area contributed by atoms with Gasteiger partial charge in [-0.15, -0.1) is 0 Å². The van der Waals surface area contributed by atoms with Crippen LogP contribution in [0.1, 0.15) is 26.2 Å². The summed E-state index contributed by atoms with van der Waals surface area (Å²) in [6.45, 7) is 2.17. The molecular formula is C15H17N3O2. The van der Waals surface area contributed by atoms with Crippen LogP contribution in [0.3, 0.4) is 0 Å². The lowest BCUT2D eigenvalue weighted by Crippen LogP contribution is -2.30. The average Bonchev–Trinajstić information content (AvgIpc) is 2.36. The highest BCUT2D eigenvalue weighted by atomic mass is 16.6. The first-order valence-electron chi connectivity index (χ1n) is 6.95. The highest BCUT2D eigenvalue weighted by Gasteiger charge is 2.24. The number of pyridine rings is 1. The summed E-state index contributed by atoms with van der Waals surface area (Å²) in [5.74, 6) is 0.705. The monoisotopic (exact) mass is 271 g/mol. The first-order chi connectivity index (χ1) is 9.66. The molecule has 1 aromatic heterocycles. The fourth-order valence-corrected chi connectivity index (χ4v) is 2.73. The van der Waals surface area contributed by atoms with E-state index in [1.807, 2.05) is 12.1 Å². The van der Waals surface area contributed by atoms with Gasteiger partial charge in [-0.05, 0) is 43.9 Å². The summed E-state index contributed by atoms with van der Waals surface area (Å²) in [6, 6.07) is 7.40. The van der Waals surface area contributed by atoms with Gasteiger partial charge in [0, 0.05) is 29.4 Å². The normalized spacial score (nSPS) is 16.6. The molecule has 0 bridgehead atoms. The SMILES string of the molecule is CC(Nc1ccc([N+](=O)[O-])c2ncccc12)C1CCC1. The molecule has 1 N–H and O–H groups in total. The fourth-order valence-electron chi connectivity index (χ4n) is 2.73. The predicted molar refractivity (Wildman–Crippen MR) is 78.8 cm³/mol. The smallest absolute Gasteiger partial charge is 0.295 e. The minimum atomic E-state index is -0.380. The van der Waals surface area contributed by atoms with Gasteiger partial charge in [0.2, 0.25) is 0 Å². The van der Waals surface area contributed by atoms with Gasteiger partial charge < -0.3 is 5.32 Å². The number of benzene rings is 1. The first kappa shape index (κ1) is 12.8. The number of nitrogens with zero attached hydrogens (tertiary/aromatic N) is 2. The van der Waals surface area contributed by atoms with Crippen molar-refractivity contribution in [2.75, 3.05) is 5.32 Å². The maximum Gasteiger partial charge on any atom is 0.295 e. The summed E-state index contributed by atoms with van der Waals surface area (Å²) in [6.07, 6.45) is 5.42. The molecule has 1 aliphatic carbocycles. The van der Waals surface area contributed by atoms with Crippen LogP contribution in [0.5, 0.6) is 0 Å². The number of nitrogens with one attached hydrogen (secondary N) is 1. The van der Waals surface area contributed by atoms with Crippen LogP contribution in [-0.2, 0) is 0 Å². The molecule has 5 heteroatoms. The van der Waals surface area contributed by atoms with Crippen LogP contribution >= 0.6 is 0 Å². The zero-order chi connectivity index (χ0) is 14.1. The van der Waals surface area contributed by atoms with Gasteiger partial charge in [-0.2, -0.15) is 0 Å². The highest BCUT2D eigenvalue weighted by Crippen LogP contribution is 2.34. The van der Waals surface area contributed by atoms with Crippen molar-refractivity contribution in [1.29, 1.82) is 0 Å². The molecular weight excluding hydrogens is 254 g/mol. The molecule has 3 rings (SSSR count). The minimum absolute atomic E-state index is 0.0578. The first-order valence-corrected chi connectivity index (χ1v) is 6.95. The maximum absolute atomic E-state index is 11.1. The molecule has 0 amide bonds. The van der Waals surface area contributed by atoms with E-state index in [1.165, 1.54) is 25.3 Å². The Morgan fingerprint density at radius 1 is 1.40 bits per heavy atom. The minimum Gasteiger partial charge on any atom is -0.382 e. The summed E-state index contributed by atoms with van der Waals surface area (Å²) in [7, 11) is 0. The van der Waals surface area contributed by atoms with E-state index in [0.717, 1.165) is 11.1 Å². The molecule has 0 aliphatic heterocycles. The van der Waals surface area contributed by atoms with E-state index in [0.29, 0.717) is 17.5 Å². The standard InChI is InChI=1S/C15H17N3O2/c1-10(11-4-2-5-11)17-13-7-8-14(18(19)20)15-12(13)6-3-9-16-15/h3,6-11,17H,2,4-5H2,1H3. The van der Waals surface area contributed by atoms with Gasteiger partial charge >= 0.3 is 0 Å². The van der Waals surface area contributed by atoms with Gasteiger partial charge in [0.05, 0.1) is 4.92 Å². The average molecular weight is 271 g/mol. The second-order valence-corrected chi connectivity index (χ2v) is 5.41. The largest absolute Gasteiger partial charge is 0.382 e. The predicted octanol–water partition coefficient (Wildman–Crippen LogP) is 3.74. The molecule has 1 heterocycles. The number of nitro benzene ring substituents is 1. The zero-order valence-electron chi connectivity index (χ0n) is 11.4.